The molecule has 1 fully saturated rings. The summed E-state index contributed by atoms with van der Waals surface area (Å²) < 4.78 is 0. The van der Waals surface area contributed by atoms with Crippen molar-refractivity contribution < 1.29 is 4.79 Å². The normalized spacial score (nSPS) is 17.8. The highest BCUT2D eigenvalue weighted by molar-refractivity contribution is 7.13. The highest BCUT2D eigenvalue weighted by atomic mass is 32.1. The molecule has 1 aromatic heterocycles. The van der Waals surface area contributed by atoms with E-state index < -0.39 is 0 Å². The van der Waals surface area contributed by atoms with Crippen molar-refractivity contribution in [1.29, 1.82) is 0 Å². The standard InChI is InChI=1S/C12H20N4OS/c1-2-10(16-5-3-4-6-16)11(17)14-7-9-8-18-12(13)15-9/h8,10H,2-7H2,1H3,(H2,13,15)(H,14,17). The molecule has 1 aromatic rings. The van der Waals surface area contributed by atoms with Crippen molar-refractivity contribution in [1.82, 2.24) is 15.2 Å². The minimum atomic E-state index is 0.00322. The lowest BCUT2D eigenvalue weighted by Gasteiger charge is -2.25. The van der Waals surface area contributed by atoms with Crippen molar-refractivity contribution in [3.63, 3.8) is 0 Å². The van der Waals surface area contributed by atoms with E-state index >= 15 is 0 Å². The van der Waals surface area contributed by atoms with E-state index in [0.717, 1.165) is 25.2 Å². The van der Waals surface area contributed by atoms with E-state index in [9.17, 15) is 4.79 Å². The van der Waals surface area contributed by atoms with Crippen LogP contribution in [0, 0.1) is 0 Å². The van der Waals surface area contributed by atoms with E-state index in [2.05, 4.69) is 22.1 Å². The van der Waals surface area contributed by atoms with Gasteiger partial charge in [0.1, 0.15) is 0 Å². The maximum Gasteiger partial charge on any atom is 0.237 e. The molecule has 1 amide bonds. The van der Waals surface area contributed by atoms with Gasteiger partial charge in [-0.2, -0.15) is 0 Å². The Hall–Kier alpha value is -1.14. The first-order valence-electron chi connectivity index (χ1n) is 6.42. The summed E-state index contributed by atoms with van der Waals surface area (Å²) in [4.78, 5) is 18.5. The molecule has 1 aliphatic heterocycles. The molecular formula is C12H20N4OS. The molecule has 0 aromatic carbocycles. The average Bonchev–Trinajstić information content (AvgIpc) is 2.99. The molecule has 2 heterocycles. The maximum absolute atomic E-state index is 12.1. The summed E-state index contributed by atoms with van der Waals surface area (Å²) >= 11 is 1.40. The lowest BCUT2D eigenvalue weighted by atomic mass is 10.2. The Kier molecular flexibility index (Phi) is 4.54. The molecule has 0 radical (unpaired) electrons. The van der Waals surface area contributed by atoms with Crippen LogP contribution in [0.1, 0.15) is 31.9 Å². The number of thiazole rings is 1. The molecule has 0 spiro atoms. The molecule has 18 heavy (non-hydrogen) atoms. The lowest BCUT2D eigenvalue weighted by molar-refractivity contribution is -0.126. The number of likely N-dealkylation sites (tertiary alicyclic amines) is 1. The fourth-order valence-corrected chi connectivity index (χ4v) is 2.92. The van der Waals surface area contributed by atoms with Gasteiger partial charge in [0.25, 0.3) is 0 Å². The van der Waals surface area contributed by atoms with Crippen LogP contribution in [-0.2, 0) is 11.3 Å². The van der Waals surface area contributed by atoms with Crippen LogP contribution in [-0.4, -0.2) is 34.9 Å². The Morgan fingerprint density at radius 3 is 2.89 bits per heavy atom. The second-order valence-electron chi connectivity index (χ2n) is 4.56. The average molecular weight is 268 g/mol. The smallest absolute Gasteiger partial charge is 0.237 e. The minimum Gasteiger partial charge on any atom is -0.375 e. The fourth-order valence-electron chi connectivity index (χ4n) is 2.36. The number of nitrogens with one attached hydrogen (secondary N) is 1. The van der Waals surface area contributed by atoms with Crippen molar-refractivity contribution in [2.45, 2.75) is 38.8 Å². The molecule has 2 rings (SSSR count). The summed E-state index contributed by atoms with van der Waals surface area (Å²) in [6.07, 6.45) is 3.25. The predicted molar refractivity (Wildman–Crippen MR) is 73.3 cm³/mol. The van der Waals surface area contributed by atoms with E-state index in [4.69, 9.17) is 5.73 Å². The number of amides is 1. The molecule has 1 saturated heterocycles. The first kappa shape index (κ1) is 13.3. The van der Waals surface area contributed by atoms with Crippen LogP contribution in [0.2, 0.25) is 0 Å². The predicted octanol–water partition coefficient (Wildman–Crippen LogP) is 1.22. The SMILES string of the molecule is CCC(C(=O)NCc1csc(N)n1)N1CCCC1. The van der Waals surface area contributed by atoms with Gasteiger partial charge in [0, 0.05) is 5.38 Å². The summed E-state index contributed by atoms with van der Waals surface area (Å²) in [5, 5.41) is 5.38. The van der Waals surface area contributed by atoms with Crippen LogP contribution in [0.4, 0.5) is 5.13 Å². The van der Waals surface area contributed by atoms with E-state index in [-0.39, 0.29) is 11.9 Å². The summed E-state index contributed by atoms with van der Waals surface area (Å²) in [6, 6.07) is 0.00322. The van der Waals surface area contributed by atoms with Gasteiger partial charge < -0.3 is 11.1 Å². The Balaban J connectivity index is 1.85. The second kappa shape index (κ2) is 6.15. The minimum absolute atomic E-state index is 0.00322. The molecular weight excluding hydrogens is 248 g/mol. The van der Waals surface area contributed by atoms with Gasteiger partial charge in [0.05, 0.1) is 18.3 Å². The number of nitrogen functional groups attached to an aromatic ring is 1. The zero-order valence-electron chi connectivity index (χ0n) is 10.7. The van der Waals surface area contributed by atoms with Crippen LogP contribution < -0.4 is 11.1 Å². The zero-order chi connectivity index (χ0) is 13.0. The van der Waals surface area contributed by atoms with Crippen LogP contribution in [0.15, 0.2) is 5.38 Å². The van der Waals surface area contributed by atoms with Gasteiger partial charge in [0.15, 0.2) is 5.13 Å². The summed E-state index contributed by atoms with van der Waals surface area (Å²) in [7, 11) is 0. The van der Waals surface area contributed by atoms with Crippen molar-refractivity contribution in [3.05, 3.63) is 11.1 Å². The number of aromatic nitrogens is 1. The van der Waals surface area contributed by atoms with Gasteiger partial charge >= 0.3 is 0 Å². The number of anilines is 1. The lowest BCUT2D eigenvalue weighted by Crippen LogP contribution is -2.45. The molecule has 1 atom stereocenters. The Morgan fingerprint density at radius 1 is 1.61 bits per heavy atom. The van der Waals surface area contributed by atoms with E-state index in [1.54, 1.807) is 0 Å². The molecule has 0 saturated carbocycles. The highest BCUT2D eigenvalue weighted by Crippen LogP contribution is 2.15. The van der Waals surface area contributed by atoms with Gasteiger partial charge in [-0.05, 0) is 32.4 Å². The third-order valence-corrected chi connectivity index (χ3v) is 4.01. The Bertz CT molecular complexity index is 401. The monoisotopic (exact) mass is 268 g/mol. The fraction of sp³-hybridized carbons (Fsp3) is 0.667. The van der Waals surface area contributed by atoms with E-state index in [1.807, 2.05) is 5.38 Å². The number of nitrogens with zero attached hydrogens (tertiary/aromatic N) is 2. The number of rotatable bonds is 5. The summed E-state index contributed by atoms with van der Waals surface area (Å²) in [6.45, 7) is 4.60. The molecule has 0 bridgehead atoms. The number of carbonyl (C=O) groups is 1. The van der Waals surface area contributed by atoms with Crippen molar-refractivity contribution in [3.8, 4) is 0 Å². The van der Waals surface area contributed by atoms with Crippen LogP contribution in [0.5, 0.6) is 0 Å². The third-order valence-electron chi connectivity index (χ3n) is 3.28. The Morgan fingerprint density at radius 2 is 2.33 bits per heavy atom. The quantitative estimate of drug-likeness (QED) is 0.842. The van der Waals surface area contributed by atoms with Crippen LogP contribution in [0.25, 0.3) is 0 Å². The molecule has 100 valence electrons. The molecule has 1 unspecified atom stereocenters. The number of hydrogen-bond acceptors (Lipinski definition) is 5. The Labute approximate surface area is 111 Å². The van der Waals surface area contributed by atoms with Gasteiger partial charge in [-0.3, -0.25) is 9.69 Å². The van der Waals surface area contributed by atoms with Crippen molar-refractivity contribution >= 4 is 22.4 Å². The van der Waals surface area contributed by atoms with Crippen molar-refractivity contribution in [2.75, 3.05) is 18.8 Å². The van der Waals surface area contributed by atoms with Crippen LogP contribution >= 0.6 is 11.3 Å². The summed E-state index contributed by atoms with van der Waals surface area (Å²) in [5.41, 5.74) is 6.39. The largest absolute Gasteiger partial charge is 0.375 e. The van der Waals surface area contributed by atoms with E-state index in [1.165, 1.54) is 24.2 Å². The van der Waals surface area contributed by atoms with Gasteiger partial charge in [-0.15, -0.1) is 11.3 Å². The van der Waals surface area contributed by atoms with Crippen LogP contribution in [0.3, 0.4) is 0 Å². The maximum atomic E-state index is 12.1. The first-order valence-corrected chi connectivity index (χ1v) is 7.30. The highest BCUT2D eigenvalue weighted by Gasteiger charge is 2.26. The number of carbonyl (C=O) groups excluding carboxylic acids is 1. The molecule has 0 aliphatic carbocycles. The van der Waals surface area contributed by atoms with Gasteiger partial charge in [-0.25, -0.2) is 4.98 Å². The zero-order valence-corrected chi connectivity index (χ0v) is 11.5. The summed E-state index contributed by atoms with van der Waals surface area (Å²) in [5.74, 6) is 0.103. The molecule has 6 heteroatoms. The van der Waals surface area contributed by atoms with E-state index in [0.29, 0.717) is 11.7 Å². The topological polar surface area (TPSA) is 71.2 Å². The van der Waals surface area contributed by atoms with Crippen molar-refractivity contribution in [2.24, 2.45) is 0 Å². The molecule has 5 nitrogen and oxygen atoms in total. The molecule has 1 aliphatic rings. The van der Waals surface area contributed by atoms with Gasteiger partial charge in [-0.1, -0.05) is 6.92 Å². The van der Waals surface area contributed by atoms with Gasteiger partial charge in [0.2, 0.25) is 5.91 Å². The number of hydrogen-bond donors (Lipinski definition) is 2. The third kappa shape index (κ3) is 3.20. The first-order chi connectivity index (χ1) is 8.70. The second-order valence-corrected chi connectivity index (χ2v) is 5.45. The molecule has 3 N–H and O–H groups in total. The number of nitrogens with two attached hydrogens (primary N) is 1.